The van der Waals surface area contributed by atoms with E-state index in [1.807, 2.05) is 13.0 Å². The lowest BCUT2D eigenvalue weighted by Crippen LogP contribution is -2.51. The van der Waals surface area contributed by atoms with Crippen molar-refractivity contribution in [3.05, 3.63) is 35.6 Å². The summed E-state index contributed by atoms with van der Waals surface area (Å²) < 4.78 is 20.3. The molecule has 21 heavy (non-hydrogen) atoms. The highest BCUT2D eigenvalue weighted by Crippen LogP contribution is 2.47. The van der Waals surface area contributed by atoms with Gasteiger partial charge < -0.3 is 4.74 Å². The molecule has 0 radical (unpaired) electrons. The normalized spacial score (nSPS) is 22.0. The molecule has 1 fully saturated rings. The Labute approximate surface area is 127 Å². The van der Waals surface area contributed by atoms with Crippen molar-refractivity contribution in [3.8, 4) is 0 Å². The highest BCUT2D eigenvalue weighted by Gasteiger charge is 2.45. The molecule has 1 aliphatic rings. The zero-order valence-corrected chi connectivity index (χ0v) is 13.3. The summed E-state index contributed by atoms with van der Waals surface area (Å²) in [6.45, 7) is 7.14. The van der Waals surface area contributed by atoms with E-state index in [0.717, 1.165) is 25.7 Å². The Morgan fingerprint density at radius 3 is 2.38 bits per heavy atom. The maximum Gasteiger partial charge on any atom is 0.128 e. The highest BCUT2D eigenvalue weighted by atomic mass is 19.1. The molecular weight excluding hydrogens is 267 g/mol. The van der Waals surface area contributed by atoms with Crippen LogP contribution in [-0.4, -0.2) is 12.2 Å². The molecule has 3 N–H and O–H groups in total. The fraction of sp³-hybridized carbons (Fsp3) is 0.647. The summed E-state index contributed by atoms with van der Waals surface area (Å²) in [4.78, 5) is 0. The summed E-state index contributed by atoms with van der Waals surface area (Å²) >= 11 is 0. The first kappa shape index (κ1) is 16.4. The second-order valence-corrected chi connectivity index (χ2v) is 6.78. The van der Waals surface area contributed by atoms with Crippen LogP contribution in [0.4, 0.5) is 4.39 Å². The van der Waals surface area contributed by atoms with Gasteiger partial charge in [0.2, 0.25) is 0 Å². The first-order chi connectivity index (χ1) is 9.94. The van der Waals surface area contributed by atoms with Crippen LogP contribution in [-0.2, 0) is 4.74 Å². The SMILES string of the molecule is CCOC1(C(NN)c2ccccc2F)CCC(C)(C)CC1. The van der Waals surface area contributed by atoms with Crippen LogP contribution in [0.1, 0.15) is 58.1 Å². The standard InChI is InChI=1S/C17H27FN2O/c1-4-21-17(11-9-16(2,3)10-12-17)15(20-19)13-7-5-6-8-14(13)18/h5-8,15,20H,4,9-12,19H2,1-3H3. The number of hydrogen-bond donors (Lipinski definition) is 2. The average Bonchev–Trinajstić information content (AvgIpc) is 2.45. The minimum Gasteiger partial charge on any atom is -0.373 e. The first-order valence-corrected chi connectivity index (χ1v) is 7.79. The van der Waals surface area contributed by atoms with Crippen molar-refractivity contribution < 1.29 is 9.13 Å². The summed E-state index contributed by atoms with van der Waals surface area (Å²) in [7, 11) is 0. The molecule has 1 aromatic carbocycles. The molecule has 2 rings (SSSR count). The van der Waals surface area contributed by atoms with E-state index in [1.54, 1.807) is 12.1 Å². The van der Waals surface area contributed by atoms with Crippen LogP contribution in [0.25, 0.3) is 0 Å². The largest absolute Gasteiger partial charge is 0.373 e. The van der Waals surface area contributed by atoms with Gasteiger partial charge in [0.25, 0.3) is 0 Å². The molecule has 0 bridgehead atoms. The van der Waals surface area contributed by atoms with Gasteiger partial charge in [-0.3, -0.25) is 5.84 Å². The van der Waals surface area contributed by atoms with E-state index < -0.39 is 5.60 Å². The molecule has 3 nitrogen and oxygen atoms in total. The van der Waals surface area contributed by atoms with Crippen LogP contribution in [0, 0.1) is 11.2 Å². The van der Waals surface area contributed by atoms with Gasteiger partial charge >= 0.3 is 0 Å². The maximum atomic E-state index is 14.2. The number of benzene rings is 1. The third-order valence-corrected chi connectivity index (χ3v) is 4.79. The lowest BCUT2D eigenvalue weighted by molar-refractivity contribution is -0.108. The van der Waals surface area contributed by atoms with Gasteiger partial charge in [-0.25, -0.2) is 9.82 Å². The van der Waals surface area contributed by atoms with Gasteiger partial charge in [-0.1, -0.05) is 32.0 Å². The molecule has 0 spiro atoms. The summed E-state index contributed by atoms with van der Waals surface area (Å²) in [6, 6.07) is 6.49. The third-order valence-electron chi connectivity index (χ3n) is 4.79. The summed E-state index contributed by atoms with van der Waals surface area (Å²) in [5.74, 6) is 5.56. The number of halogens is 1. The zero-order valence-electron chi connectivity index (χ0n) is 13.3. The van der Waals surface area contributed by atoms with Gasteiger partial charge in [-0.2, -0.15) is 0 Å². The Bertz CT molecular complexity index is 466. The Balaban J connectivity index is 2.34. The Morgan fingerprint density at radius 1 is 1.24 bits per heavy atom. The van der Waals surface area contributed by atoms with Crippen LogP contribution in [0.15, 0.2) is 24.3 Å². The first-order valence-electron chi connectivity index (χ1n) is 7.79. The predicted molar refractivity (Wildman–Crippen MR) is 83.1 cm³/mol. The average molecular weight is 294 g/mol. The number of rotatable bonds is 5. The number of nitrogens with two attached hydrogens (primary N) is 1. The molecule has 0 amide bonds. The molecule has 1 unspecified atom stereocenters. The van der Waals surface area contributed by atoms with E-state index in [-0.39, 0.29) is 11.9 Å². The van der Waals surface area contributed by atoms with E-state index in [9.17, 15) is 4.39 Å². The summed E-state index contributed by atoms with van der Waals surface area (Å²) in [5, 5.41) is 0. The molecule has 1 aromatic rings. The van der Waals surface area contributed by atoms with Gasteiger partial charge in [0.05, 0.1) is 11.6 Å². The van der Waals surface area contributed by atoms with Crippen molar-refractivity contribution in [1.29, 1.82) is 0 Å². The number of hydrazine groups is 1. The summed E-state index contributed by atoms with van der Waals surface area (Å²) in [6.07, 6.45) is 3.88. The van der Waals surface area contributed by atoms with Gasteiger partial charge in [0, 0.05) is 12.2 Å². The van der Waals surface area contributed by atoms with Gasteiger partial charge in [0.1, 0.15) is 5.82 Å². The van der Waals surface area contributed by atoms with Crippen LogP contribution < -0.4 is 11.3 Å². The fourth-order valence-corrected chi connectivity index (χ4v) is 3.39. The van der Waals surface area contributed by atoms with E-state index >= 15 is 0 Å². The van der Waals surface area contributed by atoms with Crippen molar-refractivity contribution in [2.24, 2.45) is 11.3 Å². The number of nitrogens with one attached hydrogen (secondary N) is 1. The minimum absolute atomic E-state index is 0.232. The van der Waals surface area contributed by atoms with Crippen LogP contribution in [0.3, 0.4) is 0 Å². The minimum atomic E-state index is -0.429. The van der Waals surface area contributed by atoms with E-state index in [4.69, 9.17) is 10.6 Å². The predicted octanol–water partition coefficient (Wildman–Crippen LogP) is 3.71. The smallest absolute Gasteiger partial charge is 0.128 e. The van der Waals surface area contributed by atoms with Crippen LogP contribution in [0.5, 0.6) is 0 Å². The highest BCUT2D eigenvalue weighted by molar-refractivity contribution is 5.25. The second-order valence-electron chi connectivity index (χ2n) is 6.78. The van der Waals surface area contributed by atoms with Gasteiger partial charge in [-0.05, 0) is 44.1 Å². The molecule has 118 valence electrons. The summed E-state index contributed by atoms with van der Waals surface area (Å²) in [5.41, 5.74) is 3.29. The van der Waals surface area contributed by atoms with Gasteiger partial charge in [0.15, 0.2) is 0 Å². The van der Waals surface area contributed by atoms with Crippen molar-refractivity contribution in [1.82, 2.24) is 5.43 Å². The molecule has 0 aliphatic heterocycles. The maximum absolute atomic E-state index is 14.2. The van der Waals surface area contributed by atoms with Crippen molar-refractivity contribution in [3.63, 3.8) is 0 Å². The molecule has 4 heteroatoms. The van der Waals surface area contributed by atoms with Gasteiger partial charge in [-0.15, -0.1) is 0 Å². The third kappa shape index (κ3) is 3.44. The lowest BCUT2D eigenvalue weighted by Gasteiger charge is -2.47. The van der Waals surface area contributed by atoms with E-state index in [1.165, 1.54) is 6.07 Å². The van der Waals surface area contributed by atoms with E-state index in [2.05, 4.69) is 19.3 Å². The molecule has 1 aliphatic carbocycles. The molecule has 0 heterocycles. The molecule has 1 saturated carbocycles. The monoisotopic (exact) mass is 294 g/mol. The molecular formula is C17H27FN2O. The fourth-order valence-electron chi connectivity index (χ4n) is 3.39. The molecule has 1 atom stereocenters. The van der Waals surface area contributed by atoms with Crippen molar-refractivity contribution in [2.75, 3.05) is 6.61 Å². The number of hydrogen-bond acceptors (Lipinski definition) is 3. The lowest BCUT2D eigenvalue weighted by atomic mass is 9.67. The number of ether oxygens (including phenoxy) is 1. The quantitative estimate of drug-likeness (QED) is 0.643. The second kappa shape index (κ2) is 6.42. The van der Waals surface area contributed by atoms with Crippen LogP contribution in [0.2, 0.25) is 0 Å². The van der Waals surface area contributed by atoms with Crippen molar-refractivity contribution in [2.45, 2.75) is 58.1 Å². The topological polar surface area (TPSA) is 47.3 Å². The molecule has 0 aromatic heterocycles. The molecule has 0 saturated heterocycles. The Hall–Kier alpha value is -0.970. The van der Waals surface area contributed by atoms with E-state index in [0.29, 0.717) is 17.6 Å². The van der Waals surface area contributed by atoms with Crippen LogP contribution >= 0.6 is 0 Å². The zero-order chi connectivity index (χ0) is 15.5. The Kier molecular flexibility index (Phi) is 5.02. The Morgan fingerprint density at radius 2 is 1.86 bits per heavy atom. The van der Waals surface area contributed by atoms with Crippen molar-refractivity contribution >= 4 is 0 Å².